The number of para-hydroxylation sites is 1. The van der Waals surface area contributed by atoms with Crippen LogP contribution in [-0.4, -0.2) is 5.91 Å². The van der Waals surface area contributed by atoms with Crippen molar-refractivity contribution in [1.82, 2.24) is 0 Å². The molecule has 0 radical (unpaired) electrons. The molecule has 0 bridgehead atoms. The van der Waals surface area contributed by atoms with E-state index in [1.165, 1.54) is 10.3 Å². The highest BCUT2D eigenvalue weighted by Crippen LogP contribution is 2.18. The molecule has 1 amide bonds. The van der Waals surface area contributed by atoms with Gasteiger partial charge in [0.1, 0.15) is 4.70 Å². The van der Waals surface area contributed by atoms with E-state index in [1.807, 2.05) is 35.2 Å². The number of aromatic nitrogens is 1. The lowest BCUT2D eigenvalue weighted by Gasteiger charge is -2.08. The van der Waals surface area contributed by atoms with Gasteiger partial charge >= 0.3 is 0 Å². The van der Waals surface area contributed by atoms with E-state index < -0.39 is 0 Å². The second-order valence-corrected chi connectivity index (χ2v) is 6.26. The van der Waals surface area contributed by atoms with Crippen LogP contribution in [-0.2, 0) is 17.8 Å². The van der Waals surface area contributed by atoms with E-state index in [0.717, 1.165) is 23.2 Å². The van der Waals surface area contributed by atoms with Crippen LogP contribution in [0.3, 0.4) is 0 Å². The van der Waals surface area contributed by atoms with Crippen LogP contribution < -0.4 is 26.9 Å². The number of carbonyl (C=O) groups excluding carboxylic acids is 1. The largest absolute Gasteiger partial charge is 1.00 e. The quantitative estimate of drug-likeness (QED) is 0.653. The average Bonchev–Trinajstić information content (AvgIpc) is 2.93. The van der Waals surface area contributed by atoms with Gasteiger partial charge in [0.25, 0.3) is 5.91 Å². The molecule has 1 heterocycles. The van der Waals surface area contributed by atoms with Gasteiger partial charge in [-0.15, -0.1) is 0 Å². The predicted octanol–water partition coefficient (Wildman–Crippen LogP) is 0.702. The molecule has 120 valence electrons. The molecular formula is C18H19BrN2OS. The lowest BCUT2D eigenvalue weighted by molar-refractivity contribution is -0.653. The molecule has 3 aromatic rings. The summed E-state index contributed by atoms with van der Waals surface area (Å²) >= 11 is 1.65. The molecule has 0 saturated carbocycles. The smallest absolute Gasteiger partial charge is 0.290 e. The number of nitrogens with one attached hydrogen (secondary N) is 1. The lowest BCUT2D eigenvalue weighted by Crippen LogP contribution is -3.00. The van der Waals surface area contributed by atoms with E-state index in [9.17, 15) is 4.79 Å². The summed E-state index contributed by atoms with van der Waals surface area (Å²) in [6.07, 6.45) is 0.965. The van der Waals surface area contributed by atoms with Crippen LogP contribution in [0.1, 0.15) is 18.1 Å². The van der Waals surface area contributed by atoms with Crippen LogP contribution in [0.5, 0.6) is 0 Å². The van der Waals surface area contributed by atoms with Gasteiger partial charge in [0, 0.05) is 11.8 Å². The van der Waals surface area contributed by atoms with E-state index in [-0.39, 0.29) is 22.9 Å². The Hall–Kier alpha value is -1.72. The molecule has 3 rings (SSSR count). The third kappa shape index (κ3) is 3.98. The van der Waals surface area contributed by atoms with E-state index in [1.54, 1.807) is 11.3 Å². The minimum Gasteiger partial charge on any atom is -1.00 e. The number of aryl methyl sites for hydroxylation is 2. The number of hydrogen-bond donors (Lipinski definition) is 1. The Kier molecular flexibility index (Phi) is 5.91. The van der Waals surface area contributed by atoms with Crippen LogP contribution >= 0.6 is 11.3 Å². The standard InChI is InChI=1S/C18H18N2OS.BrH/c1-3-14-9-8-13(2)15(10-14)19-18(21)11-20-12-22-17-7-5-4-6-16(17)20;/h4-10,12H,3,11H2,1-2H3;1H. The van der Waals surface area contributed by atoms with Crippen molar-refractivity contribution in [3.63, 3.8) is 0 Å². The maximum atomic E-state index is 12.3. The maximum Gasteiger partial charge on any atom is 0.290 e. The number of halogens is 1. The van der Waals surface area contributed by atoms with Crippen molar-refractivity contribution in [2.45, 2.75) is 26.8 Å². The molecule has 5 heteroatoms. The van der Waals surface area contributed by atoms with Crippen LogP contribution in [0.4, 0.5) is 5.69 Å². The number of rotatable bonds is 4. The van der Waals surface area contributed by atoms with Gasteiger partial charge in [-0.05, 0) is 36.6 Å². The number of fused-ring (bicyclic) bond motifs is 1. The van der Waals surface area contributed by atoms with Crippen molar-refractivity contribution >= 4 is 33.1 Å². The fourth-order valence-corrected chi connectivity index (χ4v) is 3.35. The zero-order valence-corrected chi connectivity index (χ0v) is 15.6. The normalized spacial score (nSPS) is 10.3. The summed E-state index contributed by atoms with van der Waals surface area (Å²) in [6, 6.07) is 14.4. The summed E-state index contributed by atoms with van der Waals surface area (Å²) in [6.45, 7) is 4.46. The Morgan fingerprint density at radius 1 is 1.22 bits per heavy atom. The van der Waals surface area contributed by atoms with E-state index in [2.05, 4.69) is 36.5 Å². The van der Waals surface area contributed by atoms with Gasteiger partial charge in [0.2, 0.25) is 17.6 Å². The Morgan fingerprint density at radius 3 is 2.78 bits per heavy atom. The molecule has 1 aromatic heterocycles. The summed E-state index contributed by atoms with van der Waals surface area (Å²) in [7, 11) is 0. The number of benzene rings is 2. The SMILES string of the molecule is CCc1ccc(C)c(NC(=O)C[n+]2csc3ccccc32)c1.[Br-]. The highest BCUT2D eigenvalue weighted by atomic mass is 79.9. The molecule has 0 aliphatic heterocycles. The number of anilines is 1. The predicted molar refractivity (Wildman–Crippen MR) is 91.2 cm³/mol. The van der Waals surface area contributed by atoms with Crippen molar-refractivity contribution in [2.24, 2.45) is 0 Å². The zero-order valence-electron chi connectivity index (χ0n) is 13.2. The highest BCUT2D eigenvalue weighted by Gasteiger charge is 2.16. The van der Waals surface area contributed by atoms with E-state index in [4.69, 9.17) is 0 Å². The van der Waals surface area contributed by atoms with Gasteiger partial charge in [0.05, 0.1) is 0 Å². The molecule has 0 aliphatic rings. The third-order valence-corrected chi connectivity index (χ3v) is 4.74. The molecule has 0 atom stereocenters. The van der Waals surface area contributed by atoms with Gasteiger partial charge in [-0.1, -0.05) is 42.5 Å². The number of thiazole rings is 1. The highest BCUT2D eigenvalue weighted by molar-refractivity contribution is 7.16. The number of carbonyl (C=O) groups is 1. The maximum absolute atomic E-state index is 12.3. The van der Waals surface area contributed by atoms with Crippen LogP contribution in [0.25, 0.3) is 10.2 Å². The second kappa shape index (κ2) is 7.70. The lowest BCUT2D eigenvalue weighted by atomic mass is 10.1. The van der Waals surface area contributed by atoms with Crippen molar-refractivity contribution in [3.8, 4) is 0 Å². The molecular weight excluding hydrogens is 372 g/mol. The summed E-state index contributed by atoms with van der Waals surface area (Å²) in [5, 5.41) is 3.03. The number of hydrogen-bond acceptors (Lipinski definition) is 2. The van der Waals surface area contributed by atoms with Crippen molar-refractivity contribution < 1.29 is 26.3 Å². The molecule has 0 aliphatic carbocycles. The first-order valence-electron chi connectivity index (χ1n) is 7.42. The summed E-state index contributed by atoms with van der Waals surface area (Å²) in [5.41, 5.74) is 6.32. The van der Waals surface area contributed by atoms with Crippen LogP contribution in [0.15, 0.2) is 48.0 Å². The third-order valence-electron chi connectivity index (χ3n) is 3.78. The Balaban J connectivity index is 0.00000192. The first-order valence-corrected chi connectivity index (χ1v) is 8.30. The van der Waals surface area contributed by atoms with Gasteiger partial charge in [-0.3, -0.25) is 4.79 Å². The van der Waals surface area contributed by atoms with Crippen molar-refractivity contribution in [2.75, 3.05) is 5.32 Å². The molecule has 3 nitrogen and oxygen atoms in total. The fraction of sp³-hybridized carbons (Fsp3) is 0.222. The molecule has 0 unspecified atom stereocenters. The molecule has 2 aromatic carbocycles. The van der Waals surface area contributed by atoms with Gasteiger partial charge in [-0.2, -0.15) is 4.57 Å². The molecule has 23 heavy (non-hydrogen) atoms. The summed E-state index contributed by atoms with van der Waals surface area (Å²) < 4.78 is 3.19. The first-order chi connectivity index (χ1) is 10.7. The Bertz CT molecular complexity index is 829. The zero-order chi connectivity index (χ0) is 15.5. The average molecular weight is 391 g/mol. The van der Waals surface area contributed by atoms with E-state index in [0.29, 0.717) is 6.54 Å². The second-order valence-electron chi connectivity index (χ2n) is 5.37. The monoisotopic (exact) mass is 390 g/mol. The fourth-order valence-electron chi connectivity index (χ4n) is 2.46. The van der Waals surface area contributed by atoms with Gasteiger partial charge < -0.3 is 22.3 Å². The Labute approximate surface area is 150 Å². The Morgan fingerprint density at radius 2 is 2.00 bits per heavy atom. The topological polar surface area (TPSA) is 33.0 Å². The van der Waals surface area contributed by atoms with Crippen molar-refractivity contribution in [1.29, 1.82) is 0 Å². The van der Waals surface area contributed by atoms with Crippen LogP contribution in [0.2, 0.25) is 0 Å². The molecule has 1 N–H and O–H groups in total. The number of nitrogens with zero attached hydrogens (tertiary/aromatic N) is 1. The van der Waals surface area contributed by atoms with E-state index >= 15 is 0 Å². The summed E-state index contributed by atoms with van der Waals surface area (Å²) in [5.74, 6) is 0.00454. The summed E-state index contributed by atoms with van der Waals surface area (Å²) in [4.78, 5) is 12.3. The number of amides is 1. The van der Waals surface area contributed by atoms with Gasteiger partial charge in [-0.25, -0.2) is 0 Å². The van der Waals surface area contributed by atoms with Crippen molar-refractivity contribution in [3.05, 3.63) is 59.1 Å². The van der Waals surface area contributed by atoms with Crippen LogP contribution in [0, 0.1) is 6.92 Å². The minimum absolute atomic E-state index is 0. The van der Waals surface area contributed by atoms with Gasteiger partial charge in [0.15, 0.2) is 0 Å². The molecule has 0 spiro atoms. The molecule has 0 fully saturated rings. The minimum atomic E-state index is 0. The molecule has 0 saturated heterocycles. The first kappa shape index (κ1) is 17.6.